The normalized spacial score (nSPS) is 11.1. The quantitative estimate of drug-likeness (QED) is 0.574. The number of aliphatic carboxylic acids is 1. The van der Waals surface area contributed by atoms with Gasteiger partial charge < -0.3 is 15.2 Å². The Morgan fingerprint density at radius 2 is 1.95 bits per heavy atom. The predicted molar refractivity (Wildman–Crippen MR) is 75.9 cm³/mol. The number of nitrogens with one attached hydrogen (secondary N) is 1. The minimum atomic E-state index is -1.16. The van der Waals surface area contributed by atoms with Gasteiger partial charge in [-0.25, -0.2) is 4.79 Å². The first-order chi connectivity index (χ1) is 10.4. The van der Waals surface area contributed by atoms with Crippen molar-refractivity contribution in [3.05, 3.63) is 29.8 Å². The van der Waals surface area contributed by atoms with Crippen LogP contribution in [0.2, 0.25) is 0 Å². The fourth-order valence-corrected chi connectivity index (χ4v) is 1.73. The zero-order valence-corrected chi connectivity index (χ0v) is 12.0. The van der Waals surface area contributed by atoms with Crippen molar-refractivity contribution >= 4 is 17.8 Å². The van der Waals surface area contributed by atoms with E-state index in [1.807, 2.05) is 6.07 Å². The topological polar surface area (TPSA) is 116 Å². The molecule has 0 fully saturated rings. The number of carbonyl (C=O) groups is 3. The molecule has 0 bridgehead atoms. The second-order valence-electron chi connectivity index (χ2n) is 4.56. The highest BCUT2D eigenvalue weighted by molar-refractivity contribution is 5.83. The van der Waals surface area contributed by atoms with Crippen LogP contribution in [0.4, 0.5) is 0 Å². The largest absolute Gasteiger partial charge is 0.480 e. The molecular weight excluding hydrogens is 288 g/mol. The Kier molecular flexibility index (Phi) is 6.57. The van der Waals surface area contributed by atoms with E-state index >= 15 is 0 Å². The molecule has 0 radical (unpaired) electrons. The van der Waals surface area contributed by atoms with Crippen LogP contribution in [-0.2, 0) is 20.8 Å². The van der Waals surface area contributed by atoms with E-state index in [-0.39, 0.29) is 19.3 Å². The van der Waals surface area contributed by atoms with E-state index in [9.17, 15) is 14.4 Å². The van der Waals surface area contributed by atoms with E-state index in [4.69, 9.17) is 15.1 Å². The van der Waals surface area contributed by atoms with Crippen molar-refractivity contribution in [2.75, 3.05) is 0 Å². The minimum Gasteiger partial charge on any atom is -0.480 e. The number of ether oxygens (including phenoxy) is 1. The van der Waals surface area contributed by atoms with Gasteiger partial charge in [-0.15, -0.1) is 0 Å². The molecule has 1 amide bonds. The van der Waals surface area contributed by atoms with Gasteiger partial charge in [0, 0.05) is 26.2 Å². The lowest BCUT2D eigenvalue weighted by atomic mass is 10.1. The summed E-state index contributed by atoms with van der Waals surface area (Å²) in [7, 11) is 0. The van der Waals surface area contributed by atoms with Gasteiger partial charge in [-0.1, -0.05) is 12.1 Å². The Morgan fingerprint density at radius 1 is 1.32 bits per heavy atom. The SMILES string of the molecule is CC(=O)Oc1ccc(CC(NC(=O)CCC#N)C(=O)O)cc1. The summed E-state index contributed by atoms with van der Waals surface area (Å²) in [5.41, 5.74) is 0.670. The van der Waals surface area contributed by atoms with Gasteiger partial charge in [-0.2, -0.15) is 5.26 Å². The average molecular weight is 304 g/mol. The molecule has 2 N–H and O–H groups in total. The van der Waals surface area contributed by atoms with E-state index in [0.717, 1.165) is 0 Å². The summed E-state index contributed by atoms with van der Waals surface area (Å²) in [5, 5.41) is 19.9. The smallest absolute Gasteiger partial charge is 0.326 e. The monoisotopic (exact) mass is 304 g/mol. The van der Waals surface area contributed by atoms with Crippen LogP contribution in [0.3, 0.4) is 0 Å². The van der Waals surface area contributed by atoms with Crippen LogP contribution in [0, 0.1) is 11.3 Å². The third-order valence-corrected chi connectivity index (χ3v) is 2.72. The van der Waals surface area contributed by atoms with E-state index in [1.165, 1.54) is 6.92 Å². The Bertz CT molecular complexity index is 589. The molecule has 1 rings (SSSR count). The van der Waals surface area contributed by atoms with Gasteiger partial charge in [0.25, 0.3) is 0 Å². The molecule has 0 aliphatic rings. The first-order valence-electron chi connectivity index (χ1n) is 6.59. The molecule has 7 nitrogen and oxygen atoms in total. The number of esters is 1. The van der Waals surface area contributed by atoms with Gasteiger partial charge in [0.1, 0.15) is 11.8 Å². The molecule has 0 saturated carbocycles. The highest BCUT2D eigenvalue weighted by atomic mass is 16.5. The number of rotatable bonds is 7. The molecule has 116 valence electrons. The third kappa shape index (κ3) is 6.05. The van der Waals surface area contributed by atoms with Gasteiger partial charge in [0.15, 0.2) is 0 Å². The molecule has 7 heteroatoms. The first kappa shape index (κ1) is 17.2. The van der Waals surface area contributed by atoms with E-state index in [2.05, 4.69) is 5.32 Å². The Hall–Kier alpha value is -2.88. The van der Waals surface area contributed by atoms with Crippen molar-refractivity contribution in [2.45, 2.75) is 32.2 Å². The van der Waals surface area contributed by atoms with Gasteiger partial charge in [-0.3, -0.25) is 9.59 Å². The number of carbonyl (C=O) groups excluding carboxylic acids is 2. The fourth-order valence-electron chi connectivity index (χ4n) is 1.73. The lowest BCUT2D eigenvalue weighted by Gasteiger charge is -2.14. The number of carboxylic acids is 1. The maximum Gasteiger partial charge on any atom is 0.326 e. The van der Waals surface area contributed by atoms with Crippen LogP contribution < -0.4 is 10.1 Å². The number of nitrogens with zero attached hydrogens (tertiary/aromatic N) is 1. The Morgan fingerprint density at radius 3 is 2.45 bits per heavy atom. The summed E-state index contributed by atoms with van der Waals surface area (Å²) in [5.74, 6) is -1.72. The molecule has 0 aliphatic heterocycles. The van der Waals surface area contributed by atoms with Crippen molar-refractivity contribution < 1.29 is 24.2 Å². The molecule has 0 saturated heterocycles. The van der Waals surface area contributed by atoms with Gasteiger partial charge >= 0.3 is 11.9 Å². The average Bonchev–Trinajstić information content (AvgIpc) is 2.45. The maximum absolute atomic E-state index is 11.5. The highest BCUT2D eigenvalue weighted by Gasteiger charge is 2.20. The van der Waals surface area contributed by atoms with E-state index in [1.54, 1.807) is 24.3 Å². The number of benzene rings is 1. The van der Waals surface area contributed by atoms with Crippen LogP contribution in [0.25, 0.3) is 0 Å². The minimum absolute atomic E-state index is 0.0360. The summed E-state index contributed by atoms with van der Waals surface area (Å²) >= 11 is 0. The molecular formula is C15H16N2O5. The maximum atomic E-state index is 11.5. The van der Waals surface area contributed by atoms with Crippen LogP contribution in [0.15, 0.2) is 24.3 Å². The lowest BCUT2D eigenvalue weighted by molar-refractivity contribution is -0.141. The fraction of sp³-hybridized carbons (Fsp3) is 0.333. The lowest BCUT2D eigenvalue weighted by Crippen LogP contribution is -2.42. The summed E-state index contributed by atoms with van der Waals surface area (Å²) in [4.78, 5) is 33.5. The molecule has 0 spiro atoms. The van der Waals surface area contributed by atoms with Crippen molar-refractivity contribution in [1.29, 1.82) is 5.26 Å². The van der Waals surface area contributed by atoms with Crippen molar-refractivity contribution in [3.63, 3.8) is 0 Å². The highest BCUT2D eigenvalue weighted by Crippen LogP contribution is 2.14. The third-order valence-electron chi connectivity index (χ3n) is 2.72. The van der Waals surface area contributed by atoms with Gasteiger partial charge in [0.2, 0.25) is 5.91 Å². The number of carboxylic acid groups (broad SMARTS) is 1. The van der Waals surface area contributed by atoms with Crippen LogP contribution >= 0.6 is 0 Å². The molecule has 1 aromatic rings. The molecule has 1 aromatic carbocycles. The molecule has 0 aromatic heterocycles. The summed E-state index contributed by atoms with van der Waals surface area (Å²) < 4.78 is 4.87. The van der Waals surface area contributed by atoms with Crippen molar-refractivity contribution in [3.8, 4) is 11.8 Å². The van der Waals surface area contributed by atoms with Crippen LogP contribution in [0.1, 0.15) is 25.3 Å². The zero-order chi connectivity index (χ0) is 16.5. The van der Waals surface area contributed by atoms with Crippen molar-refractivity contribution in [2.24, 2.45) is 0 Å². The molecule has 1 unspecified atom stereocenters. The Labute approximate surface area is 127 Å². The molecule has 0 heterocycles. The summed E-state index contributed by atoms with van der Waals surface area (Å²) in [6.45, 7) is 1.28. The van der Waals surface area contributed by atoms with E-state index < -0.39 is 23.9 Å². The van der Waals surface area contributed by atoms with Gasteiger partial charge in [-0.05, 0) is 17.7 Å². The number of nitriles is 1. The summed E-state index contributed by atoms with van der Waals surface area (Å²) in [6.07, 6.45) is 0.0922. The summed E-state index contributed by atoms with van der Waals surface area (Å²) in [6, 6.07) is 7.08. The number of amides is 1. The van der Waals surface area contributed by atoms with Gasteiger partial charge in [0.05, 0.1) is 6.07 Å². The number of hydrogen-bond acceptors (Lipinski definition) is 5. The standard InChI is InChI=1S/C15H16N2O5/c1-10(18)22-12-6-4-11(5-7-12)9-13(15(20)21)17-14(19)3-2-8-16/h4-7,13H,2-3,9H2,1H3,(H,17,19)(H,20,21). The second-order valence-corrected chi connectivity index (χ2v) is 4.56. The first-order valence-corrected chi connectivity index (χ1v) is 6.59. The molecule has 22 heavy (non-hydrogen) atoms. The molecule has 0 aliphatic carbocycles. The second kappa shape index (κ2) is 8.42. The predicted octanol–water partition coefficient (Wildman–Crippen LogP) is 1.03. The van der Waals surface area contributed by atoms with Crippen LogP contribution in [0.5, 0.6) is 5.75 Å². The van der Waals surface area contributed by atoms with E-state index in [0.29, 0.717) is 11.3 Å². The molecule has 1 atom stereocenters. The van der Waals surface area contributed by atoms with Crippen molar-refractivity contribution in [1.82, 2.24) is 5.32 Å². The zero-order valence-electron chi connectivity index (χ0n) is 12.0. The van der Waals surface area contributed by atoms with Crippen LogP contribution in [-0.4, -0.2) is 29.0 Å². The Balaban J connectivity index is 2.67. The number of hydrogen-bond donors (Lipinski definition) is 2.